The zero-order chi connectivity index (χ0) is 13.7. The molecule has 6 nitrogen and oxygen atoms in total. The number of esters is 2. The van der Waals surface area contributed by atoms with Crippen LogP contribution in [-0.2, 0) is 28.5 Å². The molecule has 0 N–H and O–H groups in total. The van der Waals surface area contributed by atoms with Gasteiger partial charge in [0.2, 0.25) is 0 Å². The molecule has 0 radical (unpaired) electrons. The third kappa shape index (κ3) is 3.54. The van der Waals surface area contributed by atoms with Crippen LogP contribution in [0.4, 0.5) is 0 Å². The first-order chi connectivity index (χ1) is 8.49. The van der Waals surface area contributed by atoms with Gasteiger partial charge >= 0.3 is 11.9 Å². The average molecular weight is 258 g/mol. The molecule has 0 aromatic carbocycles. The van der Waals surface area contributed by atoms with Crippen molar-refractivity contribution in [2.24, 2.45) is 0 Å². The Morgan fingerprint density at radius 1 is 0.833 bits per heavy atom. The monoisotopic (exact) mass is 258 g/mol. The number of carbonyl (C=O) groups is 2. The highest BCUT2D eigenvalue weighted by Crippen LogP contribution is 2.24. The van der Waals surface area contributed by atoms with Crippen LogP contribution < -0.4 is 0 Å². The minimum Gasteiger partial charge on any atom is -0.455 e. The van der Waals surface area contributed by atoms with Crippen LogP contribution in [0, 0.1) is 0 Å². The third-order valence-corrected chi connectivity index (χ3v) is 2.61. The Labute approximate surface area is 106 Å². The van der Waals surface area contributed by atoms with Crippen molar-refractivity contribution in [3.63, 3.8) is 0 Å². The van der Waals surface area contributed by atoms with Gasteiger partial charge in [0.05, 0.1) is 0 Å². The number of ether oxygens (including phenoxy) is 4. The van der Waals surface area contributed by atoms with Crippen LogP contribution >= 0.6 is 0 Å². The van der Waals surface area contributed by atoms with Crippen LogP contribution in [-0.4, -0.2) is 50.6 Å². The molecule has 18 heavy (non-hydrogen) atoms. The highest BCUT2D eigenvalue weighted by Gasteiger charge is 2.41. The van der Waals surface area contributed by atoms with Crippen molar-refractivity contribution in [3.05, 3.63) is 12.2 Å². The Hall–Kier alpha value is -1.40. The summed E-state index contributed by atoms with van der Waals surface area (Å²) >= 11 is 0. The Balaban J connectivity index is 2.96. The van der Waals surface area contributed by atoms with Crippen LogP contribution in [0.3, 0.4) is 0 Å². The third-order valence-electron chi connectivity index (χ3n) is 2.61. The van der Waals surface area contributed by atoms with Crippen molar-refractivity contribution in [3.8, 4) is 0 Å². The second-order valence-electron chi connectivity index (χ2n) is 3.93. The van der Waals surface area contributed by atoms with Gasteiger partial charge in [0.15, 0.2) is 12.2 Å². The van der Waals surface area contributed by atoms with E-state index in [1.807, 2.05) is 0 Å². The summed E-state index contributed by atoms with van der Waals surface area (Å²) in [5.74, 6) is -0.936. The molecule has 0 spiro atoms. The lowest BCUT2D eigenvalue weighted by Crippen LogP contribution is -2.51. The first-order valence-corrected chi connectivity index (χ1v) is 5.58. The number of methoxy groups -OCH3 is 2. The molecule has 0 saturated heterocycles. The molecule has 0 aromatic heterocycles. The number of carbonyl (C=O) groups excluding carboxylic acids is 2. The molecule has 102 valence electrons. The van der Waals surface area contributed by atoms with E-state index in [0.29, 0.717) is 0 Å². The van der Waals surface area contributed by atoms with E-state index in [-0.39, 0.29) is 0 Å². The van der Waals surface area contributed by atoms with Gasteiger partial charge in [-0.3, -0.25) is 9.59 Å². The molecule has 0 amide bonds. The Kier molecular flexibility index (Phi) is 5.30. The summed E-state index contributed by atoms with van der Waals surface area (Å²) in [5, 5.41) is 0. The predicted octanol–water partition coefficient (Wildman–Crippen LogP) is 0.450. The molecular weight excluding hydrogens is 240 g/mol. The van der Waals surface area contributed by atoms with Crippen molar-refractivity contribution in [1.29, 1.82) is 0 Å². The molecular formula is C12H18O6. The van der Waals surface area contributed by atoms with Gasteiger partial charge in [-0.1, -0.05) is 12.2 Å². The minimum atomic E-state index is -0.716. The van der Waals surface area contributed by atoms with Crippen molar-refractivity contribution in [2.45, 2.75) is 38.3 Å². The first kappa shape index (κ1) is 14.7. The molecule has 1 aliphatic rings. The molecule has 0 aliphatic heterocycles. The molecule has 6 heteroatoms. The van der Waals surface area contributed by atoms with Crippen LogP contribution in [0.5, 0.6) is 0 Å². The summed E-state index contributed by atoms with van der Waals surface area (Å²) in [6.45, 7) is 2.58. The van der Waals surface area contributed by atoms with Crippen LogP contribution in [0.1, 0.15) is 13.8 Å². The molecule has 0 heterocycles. The fourth-order valence-electron chi connectivity index (χ4n) is 1.89. The van der Waals surface area contributed by atoms with E-state index in [1.165, 1.54) is 28.1 Å². The topological polar surface area (TPSA) is 71.1 Å². The molecule has 0 bridgehead atoms. The van der Waals surface area contributed by atoms with Gasteiger partial charge in [-0.2, -0.15) is 0 Å². The highest BCUT2D eigenvalue weighted by molar-refractivity contribution is 5.67. The molecule has 4 atom stereocenters. The largest absolute Gasteiger partial charge is 0.455 e. The Bertz CT molecular complexity index is 305. The quantitative estimate of drug-likeness (QED) is 0.538. The predicted molar refractivity (Wildman–Crippen MR) is 61.8 cm³/mol. The second-order valence-corrected chi connectivity index (χ2v) is 3.93. The lowest BCUT2D eigenvalue weighted by Gasteiger charge is -2.36. The van der Waals surface area contributed by atoms with Gasteiger partial charge in [0.1, 0.15) is 12.2 Å². The molecule has 0 saturated carbocycles. The standard InChI is InChI=1S/C12H18O6/c1-7(13)17-11-9(15-3)5-6-10(16-4)12(11)18-8(2)14/h5-6,9-12H,1-4H3/t9-,10-,11-,12-/m0/s1. The zero-order valence-electron chi connectivity index (χ0n) is 10.9. The van der Waals surface area contributed by atoms with E-state index in [4.69, 9.17) is 18.9 Å². The number of rotatable bonds is 4. The number of hydrogen-bond acceptors (Lipinski definition) is 6. The minimum absolute atomic E-state index is 0.468. The van der Waals surface area contributed by atoms with E-state index < -0.39 is 36.4 Å². The van der Waals surface area contributed by atoms with Crippen molar-refractivity contribution in [2.75, 3.05) is 14.2 Å². The van der Waals surface area contributed by atoms with E-state index in [0.717, 1.165) is 0 Å². The van der Waals surface area contributed by atoms with Crippen LogP contribution in [0.25, 0.3) is 0 Å². The Morgan fingerprint density at radius 3 is 1.39 bits per heavy atom. The summed E-state index contributed by atoms with van der Waals surface area (Å²) < 4.78 is 20.7. The molecule has 0 unspecified atom stereocenters. The maximum atomic E-state index is 11.1. The maximum absolute atomic E-state index is 11.1. The van der Waals surface area contributed by atoms with Gasteiger partial charge in [-0.05, 0) is 0 Å². The molecule has 0 aromatic rings. The Morgan fingerprint density at radius 2 is 1.17 bits per heavy atom. The second kappa shape index (κ2) is 6.51. The van der Waals surface area contributed by atoms with Crippen molar-refractivity contribution in [1.82, 2.24) is 0 Å². The SMILES string of the molecule is CO[C@H]1C=C[C@H](OC)[C@H](OC(C)=O)[C@H]1OC(C)=O. The molecule has 0 fully saturated rings. The summed E-state index contributed by atoms with van der Waals surface area (Å²) in [5.41, 5.74) is 0. The molecule has 1 rings (SSSR count). The van der Waals surface area contributed by atoms with E-state index in [2.05, 4.69) is 0 Å². The van der Waals surface area contributed by atoms with Gasteiger partial charge in [0, 0.05) is 28.1 Å². The van der Waals surface area contributed by atoms with Gasteiger partial charge in [0.25, 0.3) is 0 Å². The fourth-order valence-corrected chi connectivity index (χ4v) is 1.89. The highest BCUT2D eigenvalue weighted by atomic mass is 16.6. The van der Waals surface area contributed by atoms with Crippen molar-refractivity contribution >= 4 is 11.9 Å². The van der Waals surface area contributed by atoms with Gasteiger partial charge < -0.3 is 18.9 Å². The van der Waals surface area contributed by atoms with Gasteiger partial charge in [-0.25, -0.2) is 0 Å². The zero-order valence-corrected chi connectivity index (χ0v) is 10.9. The molecule has 1 aliphatic carbocycles. The summed E-state index contributed by atoms with van der Waals surface area (Å²) in [6.07, 6.45) is 1.08. The summed E-state index contributed by atoms with van der Waals surface area (Å²) in [4.78, 5) is 22.2. The number of hydrogen-bond donors (Lipinski definition) is 0. The average Bonchev–Trinajstić information content (AvgIpc) is 2.29. The normalized spacial score (nSPS) is 30.9. The maximum Gasteiger partial charge on any atom is 0.303 e. The van der Waals surface area contributed by atoms with E-state index in [9.17, 15) is 9.59 Å². The lowest BCUT2D eigenvalue weighted by molar-refractivity contribution is -0.185. The van der Waals surface area contributed by atoms with Crippen molar-refractivity contribution < 1.29 is 28.5 Å². The fraction of sp³-hybridized carbons (Fsp3) is 0.667. The first-order valence-electron chi connectivity index (χ1n) is 5.58. The van der Waals surface area contributed by atoms with Gasteiger partial charge in [-0.15, -0.1) is 0 Å². The van der Waals surface area contributed by atoms with E-state index >= 15 is 0 Å². The summed E-state index contributed by atoms with van der Waals surface area (Å²) in [6, 6.07) is 0. The summed E-state index contributed by atoms with van der Waals surface area (Å²) in [7, 11) is 2.98. The van der Waals surface area contributed by atoms with Crippen LogP contribution in [0.2, 0.25) is 0 Å². The lowest BCUT2D eigenvalue weighted by atomic mass is 9.95. The van der Waals surface area contributed by atoms with Crippen LogP contribution in [0.15, 0.2) is 12.2 Å². The van der Waals surface area contributed by atoms with E-state index in [1.54, 1.807) is 12.2 Å². The smallest absolute Gasteiger partial charge is 0.303 e.